The van der Waals surface area contributed by atoms with Crippen molar-refractivity contribution < 1.29 is 24.2 Å². The highest BCUT2D eigenvalue weighted by Gasteiger charge is 2.32. The third-order valence-corrected chi connectivity index (χ3v) is 12.9. The van der Waals surface area contributed by atoms with Crippen LogP contribution in [-0.2, 0) is 9.53 Å². The molecular formula is C47H59N9O5. The maximum atomic E-state index is 13.8. The quantitative estimate of drug-likeness (QED) is 0.136. The molecule has 5 heterocycles. The number of likely N-dealkylation sites (tertiary alicyclic amines) is 2. The molecule has 8 N–H and O–H groups in total. The first-order chi connectivity index (χ1) is 29.3. The number of aryl methyl sites for hydroxylation is 2. The van der Waals surface area contributed by atoms with Gasteiger partial charge in [-0.2, -0.15) is 0 Å². The molecule has 61 heavy (non-hydrogen) atoms. The number of phenols is 1. The zero-order valence-electron chi connectivity index (χ0n) is 35.5. The number of urea groups is 1. The minimum Gasteiger partial charge on any atom is -0.507 e. The highest BCUT2D eigenvalue weighted by molar-refractivity contribution is 6.10. The van der Waals surface area contributed by atoms with Crippen LogP contribution in [0.4, 0.5) is 10.5 Å². The number of aromatic hydroxyl groups is 1. The maximum Gasteiger partial charge on any atom is 0.328 e. The first-order valence-electron chi connectivity index (χ1n) is 21.6. The van der Waals surface area contributed by atoms with Crippen molar-refractivity contribution in [2.75, 3.05) is 57.3 Å². The monoisotopic (exact) mass is 829 g/mol. The van der Waals surface area contributed by atoms with Crippen LogP contribution in [0.1, 0.15) is 83.8 Å². The van der Waals surface area contributed by atoms with Crippen molar-refractivity contribution in [1.82, 2.24) is 24.6 Å². The van der Waals surface area contributed by atoms with Gasteiger partial charge in [-0.3, -0.25) is 19.8 Å². The smallest absolute Gasteiger partial charge is 0.328 e. The molecule has 4 saturated heterocycles. The number of phenolic OH excluding ortho intramolecular Hbond substituents is 1. The Bertz CT molecular complexity index is 2370. The Kier molecular flexibility index (Phi) is 12.0. The number of carbonyl (C=O) groups excluding carboxylic acids is 3. The number of imide groups is 1. The van der Waals surface area contributed by atoms with E-state index in [1.807, 2.05) is 43.0 Å². The minimum absolute atomic E-state index is 0.0612. The summed E-state index contributed by atoms with van der Waals surface area (Å²) in [5.41, 5.74) is 25.9. The van der Waals surface area contributed by atoms with E-state index in [9.17, 15) is 19.5 Å². The number of para-hydroxylation sites is 1. The molecule has 8 rings (SSSR count). The fraction of sp³-hybridized carbons (Fsp3) is 0.426. The van der Waals surface area contributed by atoms with Crippen molar-refractivity contribution in [3.05, 3.63) is 112 Å². The highest BCUT2D eigenvalue weighted by Crippen LogP contribution is 2.36. The predicted molar refractivity (Wildman–Crippen MR) is 237 cm³/mol. The van der Waals surface area contributed by atoms with Gasteiger partial charge >= 0.3 is 6.03 Å². The van der Waals surface area contributed by atoms with E-state index in [1.165, 1.54) is 0 Å². The first kappa shape index (κ1) is 41.7. The fourth-order valence-corrected chi connectivity index (χ4v) is 9.75. The second-order valence-electron chi connectivity index (χ2n) is 17.3. The van der Waals surface area contributed by atoms with E-state index < -0.39 is 0 Å². The number of hydrogen-bond acceptors (Lipinski definition) is 10. The van der Waals surface area contributed by atoms with E-state index >= 15 is 0 Å². The van der Waals surface area contributed by atoms with E-state index in [4.69, 9.17) is 21.9 Å². The number of fused-ring (bicyclic) bond motifs is 1. The van der Waals surface area contributed by atoms with Gasteiger partial charge in [0.25, 0.3) is 5.91 Å². The molecule has 2 atom stereocenters. The van der Waals surface area contributed by atoms with Crippen molar-refractivity contribution in [2.24, 2.45) is 23.1 Å². The minimum atomic E-state index is -0.358. The zero-order chi connectivity index (χ0) is 42.9. The number of amides is 4. The first-order valence-corrected chi connectivity index (χ1v) is 21.6. The molecule has 4 aliphatic rings. The number of nitrogens with two attached hydrogens (primary N) is 3. The molecular weight excluding hydrogens is 771 g/mol. The van der Waals surface area contributed by atoms with Crippen LogP contribution in [0.2, 0.25) is 0 Å². The van der Waals surface area contributed by atoms with Crippen LogP contribution in [0.15, 0.2) is 84.5 Å². The summed E-state index contributed by atoms with van der Waals surface area (Å²) in [5.74, 6) is 0.573. The molecule has 4 aromatic rings. The van der Waals surface area contributed by atoms with Gasteiger partial charge in [0, 0.05) is 93.2 Å². The van der Waals surface area contributed by atoms with Crippen LogP contribution in [0.25, 0.3) is 16.6 Å². The number of anilines is 1. The van der Waals surface area contributed by atoms with Crippen molar-refractivity contribution in [2.45, 2.75) is 71.1 Å². The van der Waals surface area contributed by atoms with Gasteiger partial charge in [0.15, 0.2) is 0 Å². The van der Waals surface area contributed by atoms with Crippen molar-refractivity contribution in [3.8, 4) is 5.75 Å². The number of hydrogen-bond donors (Lipinski definition) is 5. The van der Waals surface area contributed by atoms with Crippen molar-refractivity contribution >= 4 is 40.1 Å². The Morgan fingerprint density at radius 2 is 1.66 bits per heavy atom. The van der Waals surface area contributed by atoms with E-state index in [1.54, 1.807) is 35.2 Å². The second-order valence-corrected chi connectivity index (χ2v) is 17.3. The molecule has 4 amide bonds. The van der Waals surface area contributed by atoms with Gasteiger partial charge in [-0.1, -0.05) is 18.2 Å². The number of carbonyl (C=O) groups is 3. The topological polar surface area (TPSA) is 189 Å². The number of benzene rings is 3. The maximum absolute atomic E-state index is 13.8. The predicted octanol–water partition coefficient (Wildman–Crippen LogP) is 5.45. The lowest BCUT2D eigenvalue weighted by atomic mass is 9.93. The Balaban J connectivity index is 0.843. The molecule has 4 fully saturated rings. The molecule has 0 aliphatic carbocycles. The Morgan fingerprint density at radius 3 is 2.36 bits per heavy atom. The van der Waals surface area contributed by atoms with Gasteiger partial charge < -0.3 is 46.3 Å². The standard InChI is InChI=1S/C47H59N9O5/c1-29-22-39-37(40(23-29)56-21-15-44(58)51-47(56)60)14-20-55(39)34-12-16-52(17-13-34)27-32-10-18-53(19-11-32)46(59)33-8-9-35(30(2)24-33)43-28-54(26-31(3)61-43)41(45(49)50)25-38(48)36-6-4-5-7-42(36)57/h4-9,14,20,22-25,31-32,34,43,57H,10-13,15-19,21,26-28,48-50H2,1-3H3,(H,51,58,60)/b38-25-. The lowest BCUT2D eigenvalue weighted by Crippen LogP contribution is -2.49. The van der Waals surface area contributed by atoms with E-state index in [0.29, 0.717) is 60.5 Å². The van der Waals surface area contributed by atoms with Crippen molar-refractivity contribution in [1.29, 1.82) is 0 Å². The van der Waals surface area contributed by atoms with Crippen LogP contribution >= 0.6 is 0 Å². The molecule has 322 valence electrons. The highest BCUT2D eigenvalue weighted by atomic mass is 16.5. The summed E-state index contributed by atoms with van der Waals surface area (Å²) in [7, 11) is 0. The number of ether oxygens (including phenoxy) is 1. The zero-order valence-corrected chi connectivity index (χ0v) is 35.5. The summed E-state index contributed by atoms with van der Waals surface area (Å²) in [6, 6.07) is 19.1. The number of nitrogens with zero attached hydrogens (tertiary/aromatic N) is 5. The largest absolute Gasteiger partial charge is 0.507 e. The Morgan fingerprint density at radius 1 is 0.902 bits per heavy atom. The molecule has 0 spiro atoms. The van der Waals surface area contributed by atoms with Crippen LogP contribution in [0, 0.1) is 19.8 Å². The summed E-state index contributed by atoms with van der Waals surface area (Å²) >= 11 is 0. The summed E-state index contributed by atoms with van der Waals surface area (Å²) < 4.78 is 8.81. The van der Waals surface area contributed by atoms with Gasteiger partial charge in [0.2, 0.25) is 5.91 Å². The molecule has 2 unspecified atom stereocenters. The summed E-state index contributed by atoms with van der Waals surface area (Å²) in [5, 5.41) is 13.8. The molecule has 14 nitrogen and oxygen atoms in total. The van der Waals surface area contributed by atoms with Crippen molar-refractivity contribution in [3.63, 3.8) is 0 Å². The van der Waals surface area contributed by atoms with E-state index in [2.05, 4.69) is 44.9 Å². The third-order valence-electron chi connectivity index (χ3n) is 12.9. The number of aromatic nitrogens is 1. The third kappa shape index (κ3) is 8.92. The molecule has 0 radical (unpaired) electrons. The second kappa shape index (κ2) is 17.5. The summed E-state index contributed by atoms with van der Waals surface area (Å²) in [6.07, 6.45) is 7.80. The Hall–Kier alpha value is -5.99. The number of piperidine rings is 2. The van der Waals surface area contributed by atoms with Gasteiger partial charge in [-0.05, 0) is 118 Å². The molecule has 14 heteroatoms. The van der Waals surface area contributed by atoms with Gasteiger partial charge in [-0.15, -0.1) is 0 Å². The number of nitrogens with one attached hydrogen (secondary N) is 1. The average molecular weight is 830 g/mol. The SMILES string of the molecule is Cc1cc(N2CCC(=O)NC2=O)c2ccn(C3CCN(CC4CCN(C(=O)c5ccc(C6CN(C(/C=C(\N)c7ccccc7O)=C(N)N)CC(C)O6)c(C)c5)CC4)CC3)c2c1. The number of morpholine rings is 1. The van der Waals surface area contributed by atoms with Crippen LogP contribution in [-0.4, -0.2) is 101 Å². The fourth-order valence-electron chi connectivity index (χ4n) is 9.75. The summed E-state index contributed by atoms with van der Waals surface area (Å²) in [4.78, 5) is 46.7. The molecule has 1 aromatic heterocycles. The van der Waals surface area contributed by atoms with Gasteiger partial charge in [0.1, 0.15) is 17.7 Å². The number of allylic oxidation sites excluding steroid dienone is 1. The molecule has 4 aliphatic heterocycles. The number of rotatable bonds is 9. The van der Waals surface area contributed by atoms with Crippen LogP contribution < -0.4 is 27.4 Å². The lowest BCUT2D eigenvalue weighted by molar-refractivity contribution is -0.120. The molecule has 0 saturated carbocycles. The summed E-state index contributed by atoms with van der Waals surface area (Å²) in [6.45, 7) is 12.1. The average Bonchev–Trinajstić information content (AvgIpc) is 3.66. The molecule has 0 bridgehead atoms. The van der Waals surface area contributed by atoms with E-state index in [0.717, 1.165) is 91.7 Å². The van der Waals surface area contributed by atoms with Gasteiger partial charge in [-0.25, -0.2) is 4.79 Å². The normalized spacial score (nSPS) is 21.2. The Labute approximate surface area is 357 Å². The van der Waals surface area contributed by atoms with Crippen LogP contribution in [0.5, 0.6) is 5.75 Å². The lowest BCUT2D eigenvalue weighted by Gasteiger charge is -2.39. The van der Waals surface area contributed by atoms with E-state index in [-0.39, 0.29) is 41.6 Å². The van der Waals surface area contributed by atoms with Crippen LogP contribution in [0.3, 0.4) is 0 Å². The van der Waals surface area contributed by atoms with Gasteiger partial charge in [0.05, 0.1) is 23.0 Å². The molecule has 3 aromatic carbocycles.